The van der Waals surface area contributed by atoms with E-state index in [0.717, 1.165) is 44.9 Å². The summed E-state index contributed by atoms with van der Waals surface area (Å²) in [6, 6.07) is 0. The smallest absolute Gasteiger partial charge is 0.306 e. The average molecular weight is 875 g/mol. The quantitative estimate of drug-likeness (QED) is 0.0198. The molecule has 1 rings (SSSR count). The molecule has 1 saturated heterocycles. The van der Waals surface area contributed by atoms with Crippen LogP contribution in [0.3, 0.4) is 0 Å². The molecule has 0 aromatic heterocycles. The molecule has 0 aliphatic carbocycles. The number of ether oxygens (including phenoxy) is 4. The molecule has 0 amide bonds. The molecule has 60 heavy (non-hydrogen) atoms. The van der Waals surface area contributed by atoms with Crippen molar-refractivity contribution in [1.82, 2.24) is 0 Å². The molecule has 13 heteroatoms. The normalized spacial score (nSPS) is 20.3. The van der Waals surface area contributed by atoms with E-state index in [1.807, 2.05) is 6.08 Å². The van der Waals surface area contributed by atoms with Crippen molar-refractivity contribution in [3.63, 3.8) is 0 Å². The zero-order valence-corrected chi connectivity index (χ0v) is 38.4. The Hall–Kier alpha value is -1.87. The molecule has 1 heterocycles. The van der Waals surface area contributed by atoms with Crippen LogP contribution in [-0.2, 0) is 38.7 Å². The van der Waals surface area contributed by atoms with Crippen LogP contribution >= 0.6 is 0 Å². The van der Waals surface area contributed by atoms with Gasteiger partial charge in [-0.05, 0) is 51.4 Å². The van der Waals surface area contributed by atoms with Crippen molar-refractivity contribution in [2.45, 2.75) is 243 Å². The van der Waals surface area contributed by atoms with Crippen LogP contribution in [0.15, 0.2) is 24.3 Å². The fraction of sp³-hybridized carbons (Fsp3) is 0.872. The number of rotatable bonds is 40. The van der Waals surface area contributed by atoms with E-state index in [1.54, 1.807) is 0 Å². The predicted octanol–water partition coefficient (Wildman–Crippen LogP) is 10.0. The molecule has 0 radical (unpaired) electrons. The van der Waals surface area contributed by atoms with Crippen LogP contribution in [0.25, 0.3) is 0 Å². The van der Waals surface area contributed by atoms with Gasteiger partial charge in [-0.25, -0.2) is 0 Å². The number of carbonyl (C=O) groups is 2. The molecule has 0 aromatic carbocycles. The molecule has 0 saturated carbocycles. The minimum atomic E-state index is -4.60. The summed E-state index contributed by atoms with van der Waals surface area (Å²) in [5, 5.41) is 30.9. The highest BCUT2D eigenvalue weighted by atomic mass is 32.2. The SMILES string of the molecule is CCCCCCCC/C=C/CCCCCCCCCC(=O)O[C@H](COC(=O)CC/C=C/CCCCCCCCCCCCC)CO[C@H]1O[C@H](CS(=O)(=O)O)[C@@H](O)C(O)C1O. The lowest BCUT2D eigenvalue weighted by molar-refractivity contribution is -0.297. The number of hydrogen-bond acceptors (Lipinski definition) is 11. The number of esters is 2. The zero-order valence-electron chi connectivity index (χ0n) is 37.6. The van der Waals surface area contributed by atoms with E-state index in [1.165, 1.54) is 122 Å². The molecule has 6 atom stereocenters. The van der Waals surface area contributed by atoms with Gasteiger partial charge in [0, 0.05) is 12.8 Å². The second-order valence-electron chi connectivity index (χ2n) is 16.8. The maximum atomic E-state index is 12.8. The van der Waals surface area contributed by atoms with E-state index < -0.39 is 71.2 Å². The monoisotopic (exact) mass is 875 g/mol. The summed E-state index contributed by atoms with van der Waals surface area (Å²) in [7, 11) is -4.60. The molecule has 12 nitrogen and oxygen atoms in total. The van der Waals surface area contributed by atoms with E-state index in [9.17, 15) is 37.9 Å². The first-order valence-electron chi connectivity index (χ1n) is 23.9. The van der Waals surface area contributed by atoms with E-state index in [2.05, 4.69) is 32.1 Å². The van der Waals surface area contributed by atoms with Crippen molar-refractivity contribution in [1.29, 1.82) is 0 Å². The lowest BCUT2D eigenvalue weighted by Crippen LogP contribution is -2.60. The van der Waals surface area contributed by atoms with Gasteiger partial charge < -0.3 is 34.3 Å². The summed E-state index contributed by atoms with van der Waals surface area (Å²) >= 11 is 0. The largest absolute Gasteiger partial charge is 0.462 e. The van der Waals surface area contributed by atoms with Gasteiger partial charge in [0.2, 0.25) is 0 Å². The Labute approximate surface area is 364 Å². The summed E-state index contributed by atoms with van der Waals surface area (Å²) in [5.74, 6) is -2.04. The molecular formula is C47H86O12S. The Kier molecular flexibility index (Phi) is 35.2. The van der Waals surface area contributed by atoms with Gasteiger partial charge in [-0.3, -0.25) is 14.1 Å². The summed E-state index contributed by atoms with van der Waals surface area (Å²) in [5.41, 5.74) is 0. The van der Waals surface area contributed by atoms with Crippen LogP contribution in [0, 0.1) is 0 Å². The highest BCUT2D eigenvalue weighted by molar-refractivity contribution is 7.85. The summed E-state index contributed by atoms with van der Waals surface area (Å²) < 4.78 is 54.1. The van der Waals surface area contributed by atoms with Crippen LogP contribution < -0.4 is 0 Å². The van der Waals surface area contributed by atoms with Crippen LogP contribution in [0.5, 0.6) is 0 Å². The Morgan fingerprint density at radius 1 is 0.550 bits per heavy atom. The van der Waals surface area contributed by atoms with Gasteiger partial charge in [-0.15, -0.1) is 0 Å². The summed E-state index contributed by atoms with van der Waals surface area (Å²) in [4.78, 5) is 25.4. The van der Waals surface area contributed by atoms with Gasteiger partial charge in [0.1, 0.15) is 36.8 Å². The third kappa shape index (κ3) is 31.9. The van der Waals surface area contributed by atoms with Crippen molar-refractivity contribution in [2.24, 2.45) is 0 Å². The van der Waals surface area contributed by atoms with Gasteiger partial charge in [0.05, 0.1) is 6.61 Å². The van der Waals surface area contributed by atoms with Crippen molar-refractivity contribution >= 4 is 22.1 Å². The van der Waals surface area contributed by atoms with E-state index in [-0.39, 0.29) is 19.4 Å². The first kappa shape index (κ1) is 56.1. The Morgan fingerprint density at radius 2 is 0.983 bits per heavy atom. The number of hydrogen-bond donors (Lipinski definition) is 4. The molecule has 0 aromatic rings. The van der Waals surface area contributed by atoms with Crippen molar-refractivity contribution in [2.75, 3.05) is 19.0 Å². The van der Waals surface area contributed by atoms with E-state index >= 15 is 0 Å². The second kappa shape index (κ2) is 37.7. The van der Waals surface area contributed by atoms with E-state index in [4.69, 9.17) is 18.9 Å². The molecule has 0 spiro atoms. The second-order valence-corrected chi connectivity index (χ2v) is 18.3. The van der Waals surface area contributed by atoms with Gasteiger partial charge in [0.15, 0.2) is 12.4 Å². The minimum absolute atomic E-state index is 0.137. The lowest BCUT2D eigenvalue weighted by atomic mass is 10.00. The molecule has 4 N–H and O–H groups in total. The standard InChI is InChI=1S/C47H86O12S/c1-3-5-7-9-11-13-15-17-19-20-22-24-26-28-30-32-34-36-43(49)58-40(38-57-47-46(52)45(51)44(50)41(59-47)39-60(53,54)55)37-56-42(48)35-33-31-29-27-25-23-21-18-16-14-12-10-8-6-4-2/h17,19,29,31,40-41,44-47,50-52H,3-16,18,20-28,30,32-39H2,1-2H3,(H,53,54,55)/b19-17+,31-29+/t40-,41-,44-,45?,46?,47+/m1/s1. The predicted molar refractivity (Wildman–Crippen MR) is 238 cm³/mol. The molecule has 1 fully saturated rings. The molecule has 1 aliphatic heterocycles. The van der Waals surface area contributed by atoms with Crippen molar-refractivity contribution < 1.29 is 56.8 Å². The highest BCUT2D eigenvalue weighted by Gasteiger charge is 2.46. The minimum Gasteiger partial charge on any atom is -0.462 e. The summed E-state index contributed by atoms with van der Waals surface area (Å²) in [6.45, 7) is 3.73. The Bertz CT molecular complexity index is 1210. The van der Waals surface area contributed by atoms with Crippen LogP contribution in [0.1, 0.15) is 206 Å². The number of carbonyl (C=O) groups excluding carboxylic acids is 2. The van der Waals surface area contributed by atoms with Crippen molar-refractivity contribution in [3.8, 4) is 0 Å². The third-order valence-corrected chi connectivity index (χ3v) is 11.8. The van der Waals surface area contributed by atoms with Crippen LogP contribution in [0.4, 0.5) is 0 Å². The number of allylic oxidation sites excluding steroid dienone is 4. The molecule has 352 valence electrons. The highest BCUT2D eigenvalue weighted by Crippen LogP contribution is 2.24. The summed E-state index contributed by atoms with van der Waals surface area (Å²) in [6.07, 6.45) is 32.3. The first-order chi connectivity index (χ1) is 29.0. The van der Waals surface area contributed by atoms with Crippen molar-refractivity contribution in [3.05, 3.63) is 24.3 Å². The Balaban J connectivity index is 2.44. The number of unbranched alkanes of at least 4 members (excludes halogenated alkanes) is 24. The molecule has 0 bridgehead atoms. The molecular weight excluding hydrogens is 789 g/mol. The van der Waals surface area contributed by atoms with Gasteiger partial charge in [-0.2, -0.15) is 8.42 Å². The van der Waals surface area contributed by atoms with Gasteiger partial charge >= 0.3 is 11.9 Å². The maximum absolute atomic E-state index is 12.8. The maximum Gasteiger partial charge on any atom is 0.306 e. The van der Waals surface area contributed by atoms with Gasteiger partial charge in [0.25, 0.3) is 10.1 Å². The molecule has 1 aliphatic rings. The fourth-order valence-electron chi connectivity index (χ4n) is 7.28. The zero-order chi connectivity index (χ0) is 44.1. The fourth-order valence-corrected chi connectivity index (χ4v) is 7.97. The van der Waals surface area contributed by atoms with Gasteiger partial charge in [-0.1, -0.05) is 167 Å². The van der Waals surface area contributed by atoms with Crippen LogP contribution in [0.2, 0.25) is 0 Å². The first-order valence-corrected chi connectivity index (χ1v) is 25.5. The lowest BCUT2D eigenvalue weighted by Gasteiger charge is -2.40. The average Bonchev–Trinajstić information content (AvgIpc) is 3.21. The Morgan fingerprint density at radius 3 is 1.45 bits per heavy atom. The van der Waals surface area contributed by atoms with E-state index in [0.29, 0.717) is 12.8 Å². The topological polar surface area (TPSA) is 186 Å². The van der Waals surface area contributed by atoms with Crippen LogP contribution in [-0.4, -0.2) is 96.0 Å². The number of aliphatic hydroxyl groups excluding tert-OH is 3. The number of aliphatic hydroxyl groups is 3. The third-order valence-electron chi connectivity index (χ3n) is 11.0. The molecule has 2 unspecified atom stereocenters.